The molecule has 0 aliphatic carbocycles. The summed E-state index contributed by atoms with van der Waals surface area (Å²) in [6, 6.07) is 3.27. The van der Waals surface area contributed by atoms with Gasteiger partial charge in [0.1, 0.15) is 0 Å². The number of benzene rings is 1. The molecule has 106 valence electrons. The number of carboxylic acids is 1. The number of aromatic amines is 1. The van der Waals surface area contributed by atoms with Gasteiger partial charge in [0.05, 0.1) is 21.3 Å². The first-order chi connectivity index (χ1) is 9.60. The number of rotatable bonds is 5. The highest BCUT2D eigenvalue weighted by Gasteiger charge is 2.17. The minimum absolute atomic E-state index is 0.224. The highest BCUT2D eigenvalue weighted by molar-refractivity contribution is 5.83. The molecule has 0 radical (unpaired) electrons. The fraction of sp³-hybridized carbons (Fsp3) is 0.250. The zero-order valence-electron chi connectivity index (χ0n) is 11.1. The van der Waals surface area contributed by atoms with Crippen molar-refractivity contribution in [2.75, 3.05) is 21.3 Å². The van der Waals surface area contributed by atoms with Gasteiger partial charge < -0.3 is 19.3 Å². The maximum atomic E-state index is 10.8. The molecule has 2 N–H and O–H groups in total. The number of aromatic nitrogens is 3. The Hall–Kier alpha value is -2.77. The van der Waals surface area contributed by atoms with E-state index in [2.05, 4.69) is 15.2 Å². The third-order valence-electron chi connectivity index (χ3n) is 2.61. The van der Waals surface area contributed by atoms with E-state index < -0.39 is 5.97 Å². The monoisotopic (exact) mass is 279 g/mol. The van der Waals surface area contributed by atoms with Crippen LogP contribution < -0.4 is 14.2 Å². The molecule has 2 rings (SSSR count). The van der Waals surface area contributed by atoms with E-state index in [1.807, 2.05) is 0 Å². The number of aromatic carboxylic acids is 1. The molecule has 2 aromatic rings. The molecule has 1 aromatic heterocycles. The van der Waals surface area contributed by atoms with Crippen LogP contribution in [0.5, 0.6) is 17.2 Å². The van der Waals surface area contributed by atoms with Crippen molar-refractivity contribution in [2.45, 2.75) is 0 Å². The summed E-state index contributed by atoms with van der Waals surface area (Å²) in [6.07, 6.45) is 0. The van der Waals surface area contributed by atoms with Crippen LogP contribution in [0.3, 0.4) is 0 Å². The molecule has 0 amide bonds. The smallest absolute Gasteiger partial charge is 0.373 e. The van der Waals surface area contributed by atoms with Gasteiger partial charge in [-0.2, -0.15) is 5.10 Å². The predicted molar refractivity (Wildman–Crippen MR) is 68.4 cm³/mol. The molecular formula is C12H13N3O5. The maximum absolute atomic E-state index is 10.8. The van der Waals surface area contributed by atoms with Gasteiger partial charge in [0.25, 0.3) is 0 Å². The first-order valence-electron chi connectivity index (χ1n) is 5.56. The third-order valence-corrected chi connectivity index (χ3v) is 2.61. The van der Waals surface area contributed by atoms with E-state index in [9.17, 15) is 4.79 Å². The van der Waals surface area contributed by atoms with Gasteiger partial charge in [-0.15, -0.1) is 0 Å². The first kappa shape index (κ1) is 13.7. The molecule has 0 saturated heterocycles. The van der Waals surface area contributed by atoms with Crippen LogP contribution in [-0.4, -0.2) is 47.6 Å². The molecule has 20 heavy (non-hydrogen) atoms. The van der Waals surface area contributed by atoms with Gasteiger partial charge >= 0.3 is 5.97 Å². The summed E-state index contributed by atoms with van der Waals surface area (Å²) < 4.78 is 15.6. The van der Waals surface area contributed by atoms with E-state index in [1.165, 1.54) is 21.3 Å². The molecule has 1 aromatic carbocycles. The Balaban J connectivity index is 2.53. The van der Waals surface area contributed by atoms with Crippen molar-refractivity contribution in [1.29, 1.82) is 0 Å². The highest BCUT2D eigenvalue weighted by atomic mass is 16.5. The van der Waals surface area contributed by atoms with Gasteiger partial charge in [0.15, 0.2) is 17.3 Å². The summed E-state index contributed by atoms with van der Waals surface area (Å²) in [7, 11) is 4.47. The second-order valence-corrected chi connectivity index (χ2v) is 3.73. The first-order valence-corrected chi connectivity index (χ1v) is 5.56. The number of nitrogens with zero attached hydrogens (tertiary/aromatic N) is 2. The van der Waals surface area contributed by atoms with Gasteiger partial charge in [-0.25, -0.2) is 9.78 Å². The lowest BCUT2D eigenvalue weighted by molar-refractivity contribution is 0.0684. The average Bonchev–Trinajstić information content (AvgIpc) is 2.95. The molecule has 0 saturated carbocycles. The van der Waals surface area contributed by atoms with Crippen LogP contribution >= 0.6 is 0 Å². The average molecular weight is 279 g/mol. The summed E-state index contributed by atoms with van der Waals surface area (Å²) in [6.45, 7) is 0. The fourth-order valence-corrected chi connectivity index (χ4v) is 1.70. The Kier molecular flexibility index (Phi) is 3.74. The molecule has 0 unspecified atom stereocenters. The van der Waals surface area contributed by atoms with Gasteiger partial charge in [0, 0.05) is 5.56 Å². The summed E-state index contributed by atoms with van der Waals surface area (Å²) >= 11 is 0. The number of hydrogen-bond acceptors (Lipinski definition) is 6. The molecule has 1 heterocycles. The molecule has 0 aliphatic heterocycles. The summed E-state index contributed by atoms with van der Waals surface area (Å²) in [5, 5.41) is 15.0. The van der Waals surface area contributed by atoms with Crippen molar-refractivity contribution < 1.29 is 24.1 Å². The lowest BCUT2D eigenvalue weighted by Crippen LogP contribution is -1.98. The van der Waals surface area contributed by atoms with Crippen LogP contribution in [-0.2, 0) is 0 Å². The van der Waals surface area contributed by atoms with Gasteiger partial charge in [-0.1, -0.05) is 0 Å². The Morgan fingerprint density at radius 1 is 1.15 bits per heavy atom. The van der Waals surface area contributed by atoms with Crippen LogP contribution in [0.2, 0.25) is 0 Å². The molecular weight excluding hydrogens is 266 g/mol. The quantitative estimate of drug-likeness (QED) is 0.846. The largest absolute Gasteiger partial charge is 0.493 e. The summed E-state index contributed by atoms with van der Waals surface area (Å²) in [5.74, 6) is 0.103. The topological polar surface area (TPSA) is 107 Å². The Morgan fingerprint density at radius 2 is 1.75 bits per heavy atom. The van der Waals surface area contributed by atoms with E-state index in [0.29, 0.717) is 22.8 Å². The molecule has 8 nitrogen and oxygen atoms in total. The molecule has 0 aliphatic rings. The third kappa shape index (κ3) is 2.35. The van der Waals surface area contributed by atoms with E-state index in [0.717, 1.165) is 0 Å². The zero-order valence-corrected chi connectivity index (χ0v) is 11.1. The number of carbonyl (C=O) groups is 1. The summed E-state index contributed by atoms with van der Waals surface area (Å²) in [5.41, 5.74) is 0.545. The maximum Gasteiger partial charge on any atom is 0.373 e. The van der Waals surface area contributed by atoms with Crippen molar-refractivity contribution in [2.24, 2.45) is 0 Å². The SMILES string of the molecule is COc1cc(-c2n[nH]c(C(=O)O)n2)cc(OC)c1OC. The van der Waals surface area contributed by atoms with E-state index >= 15 is 0 Å². The number of carboxylic acid groups (broad SMARTS) is 1. The number of nitrogens with one attached hydrogen (secondary N) is 1. The lowest BCUT2D eigenvalue weighted by atomic mass is 10.1. The predicted octanol–water partition coefficient (Wildman–Crippen LogP) is 1.20. The van der Waals surface area contributed by atoms with Gasteiger partial charge in [0.2, 0.25) is 11.6 Å². The van der Waals surface area contributed by atoms with Crippen molar-refractivity contribution in [3.63, 3.8) is 0 Å². The van der Waals surface area contributed by atoms with Crippen LogP contribution in [0.15, 0.2) is 12.1 Å². The van der Waals surface area contributed by atoms with Gasteiger partial charge in [-0.05, 0) is 12.1 Å². The minimum atomic E-state index is -1.18. The number of H-pyrrole nitrogens is 1. The van der Waals surface area contributed by atoms with Crippen LogP contribution in [0.1, 0.15) is 10.6 Å². The Bertz CT molecular complexity index is 613. The number of methoxy groups -OCH3 is 3. The van der Waals surface area contributed by atoms with E-state index in [-0.39, 0.29) is 11.6 Å². The van der Waals surface area contributed by atoms with Crippen molar-refractivity contribution >= 4 is 5.97 Å². The highest BCUT2D eigenvalue weighted by Crippen LogP contribution is 2.40. The normalized spacial score (nSPS) is 10.2. The lowest BCUT2D eigenvalue weighted by Gasteiger charge is -2.12. The van der Waals surface area contributed by atoms with Crippen molar-refractivity contribution in [3.8, 4) is 28.6 Å². The zero-order chi connectivity index (χ0) is 14.7. The van der Waals surface area contributed by atoms with E-state index in [1.54, 1.807) is 12.1 Å². The molecule has 0 atom stereocenters. The molecule has 0 bridgehead atoms. The summed E-state index contributed by atoms with van der Waals surface area (Å²) in [4.78, 5) is 14.7. The van der Waals surface area contributed by atoms with Crippen LogP contribution in [0, 0.1) is 0 Å². The molecule has 8 heteroatoms. The minimum Gasteiger partial charge on any atom is -0.493 e. The standard InChI is InChI=1S/C12H13N3O5/c1-18-7-4-6(5-8(19-2)9(7)20-3)10-13-11(12(16)17)15-14-10/h4-5H,1-3H3,(H,16,17)(H,13,14,15). The Labute approximate surface area is 114 Å². The number of ether oxygens (including phenoxy) is 3. The molecule has 0 fully saturated rings. The number of hydrogen-bond donors (Lipinski definition) is 2. The van der Waals surface area contributed by atoms with Gasteiger partial charge in [-0.3, -0.25) is 5.10 Å². The van der Waals surface area contributed by atoms with Crippen LogP contribution in [0.25, 0.3) is 11.4 Å². The second-order valence-electron chi connectivity index (χ2n) is 3.73. The van der Waals surface area contributed by atoms with Crippen molar-refractivity contribution in [3.05, 3.63) is 18.0 Å². The van der Waals surface area contributed by atoms with E-state index in [4.69, 9.17) is 19.3 Å². The van der Waals surface area contributed by atoms with Crippen LogP contribution in [0.4, 0.5) is 0 Å². The Morgan fingerprint density at radius 3 is 2.15 bits per heavy atom. The fourth-order valence-electron chi connectivity index (χ4n) is 1.70. The molecule has 0 spiro atoms. The second kappa shape index (κ2) is 5.47. The van der Waals surface area contributed by atoms with Crippen molar-refractivity contribution in [1.82, 2.24) is 15.2 Å².